The van der Waals surface area contributed by atoms with Crippen molar-refractivity contribution in [2.75, 3.05) is 39.3 Å². The molecule has 1 fully saturated rings. The Balaban J connectivity index is 2.47. The van der Waals surface area contributed by atoms with Gasteiger partial charge in [-0.1, -0.05) is 33.6 Å². The van der Waals surface area contributed by atoms with Gasteiger partial charge in [-0.25, -0.2) is 0 Å². The quantitative estimate of drug-likeness (QED) is 0.710. The Hall–Kier alpha value is -0.610. The number of carbonyl (C=O) groups excluding carboxylic acids is 1. The molecule has 1 heterocycles. The molecule has 4 heteroatoms. The highest BCUT2D eigenvalue weighted by atomic mass is 16.2. The lowest BCUT2D eigenvalue weighted by atomic mass is 9.87. The molecule has 2 atom stereocenters. The fourth-order valence-electron chi connectivity index (χ4n) is 3.03. The third-order valence-corrected chi connectivity index (χ3v) is 4.78. The van der Waals surface area contributed by atoms with Crippen molar-refractivity contribution in [1.29, 1.82) is 0 Å². The summed E-state index contributed by atoms with van der Waals surface area (Å²) in [4.78, 5) is 16.9. The van der Waals surface area contributed by atoms with Crippen LogP contribution < -0.4 is 5.73 Å². The molecular formula is C17H35N3O. The number of amides is 1. The zero-order valence-corrected chi connectivity index (χ0v) is 14.3. The van der Waals surface area contributed by atoms with Crippen LogP contribution in [0, 0.1) is 11.8 Å². The molecule has 0 radical (unpaired) electrons. The van der Waals surface area contributed by atoms with E-state index in [0.29, 0.717) is 24.3 Å². The molecule has 0 aromatic carbocycles. The third-order valence-electron chi connectivity index (χ3n) is 4.78. The average molecular weight is 297 g/mol. The third kappa shape index (κ3) is 6.35. The number of hydrogen-bond donors (Lipinski definition) is 1. The van der Waals surface area contributed by atoms with Crippen molar-refractivity contribution in [3.63, 3.8) is 0 Å². The van der Waals surface area contributed by atoms with Crippen LogP contribution in [0.1, 0.15) is 52.9 Å². The molecule has 1 amide bonds. The molecule has 0 aromatic rings. The first kappa shape index (κ1) is 18.4. The van der Waals surface area contributed by atoms with E-state index in [1.807, 2.05) is 0 Å². The van der Waals surface area contributed by atoms with E-state index in [1.165, 1.54) is 6.42 Å². The molecule has 124 valence electrons. The lowest BCUT2D eigenvalue weighted by molar-refractivity contribution is -0.133. The average Bonchev–Trinajstić information content (AvgIpc) is 2.49. The maximum Gasteiger partial charge on any atom is 0.236 e. The molecular weight excluding hydrogens is 262 g/mol. The molecule has 1 aliphatic heterocycles. The normalized spacial score (nSPS) is 23.2. The van der Waals surface area contributed by atoms with E-state index in [2.05, 4.69) is 30.6 Å². The Labute approximate surface area is 131 Å². The van der Waals surface area contributed by atoms with Crippen molar-refractivity contribution in [2.45, 2.75) is 52.9 Å². The molecule has 0 aromatic heterocycles. The van der Waals surface area contributed by atoms with Gasteiger partial charge in [0.2, 0.25) is 5.91 Å². The van der Waals surface area contributed by atoms with Crippen molar-refractivity contribution >= 4 is 5.91 Å². The maximum absolute atomic E-state index is 12.6. The Morgan fingerprint density at radius 3 is 2.38 bits per heavy atom. The first-order chi connectivity index (χ1) is 10.1. The van der Waals surface area contributed by atoms with Gasteiger partial charge in [0.1, 0.15) is 0 Å². The van der Waals surface area contributed by atoms with Crippen LogP contribution in [0.15, 0.2) is 0 Å². The molecule has 1 aliphatic rings. The van der Waals surface area contributed by atoms with Gasteiger partial charge in [-0.2, -0.15) is 0 Å². The molecule has 0 bridgehead atoms. The molecule has 21 heavy (non-hydrogen) atoms. The van der Waals surface area contributed by atoms with Crippen LogP contribution in [0.3, 0.4) is 0 Å². The smallest absolute Gasteiger partial charge is 0.236 e. The summed E-state index contributed by atoms with van der Waals surface area (Å²) in [6.07, 6.45) is 5.67. The fourth-order valence-corrected chi connectivity index (χ4v) is 3.03. The zero-order chi connectivity index (χ0) is 15.7. The predicted octanol–water partition coefficient (Wildman–Crippen LogP) is 2.33. The molecule has 2 N–H and O–H groups in total. The maximum atomic E-state index is 12.6. The molecule has 0 aliphatic carbocycles. The lowest BCUT2D eigenvalue weighted by Crippen LogP contribution is -2.48. The molecule has 4 nitrogen and oxygen atoms in total. The number of likely N-dealkylation sites (tertiary alicyclic amines) is 1. The minimum Gasteiger partial charge on any atom is -0.342 e. The van der Waals surface area contributed by atoms with Crippen LogP contribution >= 0.6 is 0 Å². The summed E-state index contributed by atoms with van der Waals surface area (Å²) in [5.41, 5.74) is 5.86. The Kier molecular flexibility index (Phi) is 8.93. The van der Waals surface area contributed by atoms with Gasteiger partial charge < -0.3 is 10.6 Å². The second kappa shape index (κ2) is 10.2. The van der Waals surface area contributed by atoms with Crippen molar-refractivity contribution in [3.05, 3.63) is 0 Å². The Morgan fingerprint density at radius 2 is 1.86 bits per heavy atom. The number of rotatable bonds is 9. The van der Waals surface area contributed by atoms with E-state index in [9.17, 15) is 4.79 Å². The van der Waals surface area contributed by atoms with E-state index < -0.39 is 0 Å². The molecule has 1 saturated heterocycles. The van der Waals surface area contributed by atoms with Crippen molar-refractivity contribution in [2.24, 2.45) is 17.6 Å². The number of piperidine rings is 1. The monoisotopic (exact) mass is 297 g/mol. The number of unbranched alkanes of at least 4 members (excludes halogenated alkanes) is 2. The van der Waals surface area contributed by atoms with E-state index in [-0.39, 0.29) is 0 Å². The summed E-state index contributed by atoms with van der Waals surface area (Å²) in [7, 11) is 0. The van der Waals surface area contributed by atoms with E-state index in [4.69, 9.17) is 5.73 Å². The summed E-state index contributed by atoms with van der Waals surface area (Å²) >= 11 is 0. The second-order valence-electron chi connectivity index (χ2n) is 6.58. The van der Waals surface area contributed by atoms with Gasteiger partial charge in [0.05, 0.1) is 6.54 Å². The molecule has 0 saturated carbocycles. The van der Waals surface area contributed by atoms with Gasteiger partial charge in [-0.3, -0.25) is 9.69 Å². The highest BCUT2D eigenvalue weighted by molar-refractivity contribution is 5.78. The topological polar surface area (TPSA) is 49.6 Å². The lowest BCUT2D eigenvalue weighted by Gasteiger charge is -2.37. The van der Waals surface area contributed by atoms with Crippen molar-refractivity contribution in [1.82, 2.24) is 9.80 Å². The largest absolute Gasteiger partial charge is 0.342 e. The molecule has 1 rings (SSSR count). The van der Waals surface area contributed by atoms with Crippen LogP contribution in [0.2, 0.25) is 0 Å². The number of nitrogens with zero attached hydrogens (tertiary/aromatic N) is 2. The Bertz CT molecular complexity index is 288. The SMILES string of the molecule is CCCCN(CCCC)C(=O)CN1CCC(C)C(CN)C1. The van der Waals surface area contributed by atoms with Crippen LogP contribution in [-0.2, 0) is 4.79 Å². The summed E-state index contributed by atoms with van der Waals surface area (Å²) < 4.78 is 0. The van der Waals surface area contributed by atoms with Gasteiger partial charge in [-0.15, -0.1) is 0 Å². The summed E-state index contributed by atoms with van der Waals surface area (Å²) in [6, 6.07) is 0. The van der Waals surface area contributed by atoms with Crippen LogP contribution in [0.25, 0.3) is 0 Å². The summed E-state index contributed by atoms with van der Waals surface area (Å²) in [6.45, 7) is 11.8. The summed E-state index contributed by atoms with van der Waals surface area (Å²) in [5.74, 6) is 1.55. The Morgan fingerprint density at radius 1 is 1.24 bits per heavy atom. The van der Waals surface area contributed by atoms with E-state index >= 15 is 0 Å². The fraction of sp³-hybridized carbons (Fsp3) is 0.941. The second-order valence-corrected chi connectivity index (χ2v) is 6.58. The van der Waals surface area contributed by atoms with Gasteiger partial charge in [0.25, 0.3) is 0 Å². The number of nitrogens with two attached hydrogens (primary N) is 1. The van der Waals surface area contributed by atoms with Gasteiger partial charge in [-0.05, 0) is 44.2 Å². The van der Waals surface area contributed by atoms with Crippen LogP contribution in [-0.4, -0.2) is 55.0 Å². The predicted molar refractivity (Wildman–Crippen MR) is 89.2 cm³/mol. The highest BCUT2D eigenvalue weighted by Crippen LogP contribution is 2.22. The highest BCUT2D eigenvalue weighted by Gasteiger charge is 2.27. The van der Waals surface area contributed by atoms with Gasteiger partial charge in [0, 0.05) is 19.6 Å². The van der Waals surface area contributed by atoms with Crippen molar-refractivity contribution in [3.8, 4) is 0 Å². The van der Waals surface area contributed by atoms with Crippen molar-refractivity contribution < 1.29 is 4.79 Å². The van der Waals surface area contributed by atoms with E-state index in [0.717, 1.165) is 58.4 Å². The standard InChI is InChI=1S/C17H35N3O/c1-4-6-9-20(10-7-5-2)17(21)14-19-11-8-15(3)16(12-18)13-19/h15-16H,4-14,18H2,1-3H3. The van der Waals surface area contributed by atoms with Crippen LogP contribution in [0.5, 0.6) is 0 Å². The molecule has 2 unspecified atom stereocenters. The number of carbonyl (C=O) groups is 1. The van der Waals surface area contributed by atoms with E-state index in [1.54, 1.807) is 0 Å². The first-order valence-corrected chi connectivity index (χ1v) is 8.82. The first-order valence-electron chi connectivity index (χ1n) is 8.82. The van der Waals surface area contributed by atoms with Gasteiger partial charge in [0.15, 0.2) is 0 Å². The molecule has 0 spiro atoms. The minimum absolute atomic E-state index is 0.308. The zero-order valence-electron chi connectivity index (χ0n) is 14.3. The minimum atomic E-state index is 0.308. The summed E-state index contributed by atoms with van der Waals surface area (Å²) in [5, 5.41) is 0. The van der Waals surface area contributed by atoms with Crippen LogP contribution in [0.4, 0.5) is 0 Å². The van der Waals surface area contributed by atoms with Gasteiger partial charge >= 0.3 is 0 Å². The number of hydrogen-bond acceptors (Lipinski definition) is 3.